The highest BCUT2D eigenvalue weighted by Gasteiger charge is 2.51. The maximum absolute atomic E-state index is 14.0. The zero-order valence-corrected chi connectivity index (χ0v) is 15.9. The van der Waals surface area contributed by atoms with Gasteiger partial charge in [-0.1, -0.05) is 60.1 Å². The van der Waals surface area contributed by atoms with E-state index in [9.17, 15) is 19.1 Å². The Morgan fingerprint density at radius 3 is 2.48 bits per heavy atom. The number of hydrogen-bond donors (Lipinski definition) is 2. The van der Waals surface area contributed by atoms with Crippen LogP contribution in [-0.4, -0.2) is 23.5 Å². The smallest absolute Gasteiger partial charge is 0.268 e. The molecule has 0 aliphatic carbocycles. The van der Waals surface area contributed by atoms with Gasteiger partial charge >= 0.3 is 0 Å². The topological polar surface area (TPSA) is 69.6 Å². The molecule has 2 N–H and O–H groups in total. The van der Waals surface area contributed by atoms with E-state index in [1.807, 2.05) is 0 Å². The molecule has 1 aliphatic heterocycles. The van der Waals surface area contributed by atoms with Gasteiger partial charge in [0.1, 0.15) is 12.4 Å². The number of carbonyl (C=O) groups excluding carboxylic acids is 2. The number of anilines is 2. The summed E-state index contributed by atoms with van der Waals surface area (Å²) in [5, 5.41) is 14.0. The van der Waals surface area contributed by atoms with Crippen LogP contribution in [0.1, 0.15) is 11.1 Å². The molecular weight excluding hydrogens is 395 g/mol. The second-order valence-corrected chi connectivity index (χ2v) is 7.09. The molecule has 0 fully saturated rings. The Labute approximate surface area is 171 Å². The molecule has 0 bridgehead atoms. The number of carbonyl (C=O) groups is 2. The average molecular weight is 411 g/mol. The lowest BCUT2D eigenvalue weighted by Gasteiger charge is -2.23. The highest BCUT2D eigenvalue weighted by atomic mass is 35.5. The first-order chi connectivity index (χ1) is 13.9. The molecule has 0 saturated carbocycles. The van der Waals surface area contributed by atoms with E-state index < -0.39 is 23.2 Å². The Morgan fingerprint density at radius 2 is 1.76 bits per heavy atom. The van der Waals surface area contributed by atoms with Crippen molar-refractivity contribution in [1.29, 1.82) is 0 Å². The highest BCUT2D eigenvalue weighted by Crippen LogP contribution is 2.44. The number of para-hydroxylation sites is 1. The molecule has 3 aromatic carbocycles. The van der Waals surface area contributed by atoms with Crippen molar-refractivity contribution in [1.82, 2.24) is 0 Å². The van der Waals surface area contributed by atoms with Crippen LogP contribution in [0.4, 0.5) is 15.8 Å². The normalized spacial score (nSPS) is 17.9. The summed E-state index contributed by atoms with van der Waals surface area (Å²) in [4.78, 5) is 26.9. The third-order valence-electron chi connectivity index (χ3n) is 4.84. The molecule has 0 unspecified atom stereocenters. The Morgan fingerprint density at radius 1 is 1.07 bits per heavy atom. The van der Waals surface area contributed by atoms with Gasteiger partial charge in [-0.25, -0.2) is 4.39 Å². The lowest BCUT2D eigenvalue weighted by Crippen LogP contribution is -2.44. The standard InChI is InChI=1S/C22H16ClFN2O3/c23-15-10-11-18(17(24)12-15)25-20(27)13-26-19-9-5-4-8-16(19)22(29,21(26)28)14-6-2-1-3-7-14/h1-12,29H,13H2,(H,25,27)/t22-/m1/s1. The largest absolute Gasteiger partial charge is 0.372 e. The van der Waals surface area contributed by atoms with Gasteiger partial charge in [0.2, 0.25) is 5.91 Å². The van der Waals surface area contributed by atoms with Crippen molar-refractivity contribution in [3.8, 4) is 0 Å². The van der Waals surface area contributed by atoms with Gasteiger partial charge in [-0.3, -0.25) is 14.5 Å². The summed E-state index contributed by atoms with van der Waals surface area (Å²) in [6.07, 6.45) is 0. The van der Waals surface area contributed by atoms with Gasteiger partial charge in [-0.2, -0.15) is 0 Å². The summed E-state index contributed by atoms with van der Waals surface area (Å²) in [7, 11) is 0. The van der Waals surface area contributed by atoms with Gasteiger partial charge < -0.3 is 10.4 Å². The van der Waals surface area contributed by atoms with Gasteiger partial charge in [-0.05, 0) is 29.8 Å². The molecule has 1 atom stereocenters. The molecule has 146 valence electrons. The summed E-state index contributed by atoms with van der Waals surface area (Å²) in [6, 6.07) is 19.2. The number of amides is 2. The number of hydrogen-bond acceptors (Lipinski definition) is 3. The van der Waals surface area contributed by atoms with E-state index in [4.69, 9.17) is 11.6 Å². The number of nitrogens with one attached hydrogen (secondary N) is 1. The third kappa shape index (κ3) is 3.26. The van der Waals surface area contributed by atoms with Crippen LogP contribution in [0.15, 0.2) is 72.8 Å². The quantitative estimate of drug-likeness (QED) is 0.689. The van der Waals surface area contributed by atoms with Crippen molar-refractivity contribution in [2.24, 2.45) is 0 Å². The van der Waals surface area contributed by atoms with E-state index in [1.165, 1.54) is 17.0 Å². The van der Waals surface area contributed by atoms with Crippen LogP contribution in [0.2, 0.25) is 5.02 Å². The van der Waals surface area contributed by atoms with Gasteiger partial charge in [0.25, 0.3) is 5.91 Å². The van der Waals surface area contributed by atoms with Crippen molar-refractivity contribution in [3.63, 3.8) is 0 Å². The molecule has 1 aliphatic rings. The second-order valence-electron chi connectivity index (χ2n) is 6.66. The van der Waals surface area contributed by atoms with Crippen molar-refractivity contribution in [2.75, 3.05) is 16.8 Å². The minimum Gasteiger partial charge on any atom is -0.372 e. The second kappa shape index (κ2) is 7.31. The number of nitrogens with zero attached hydrogens (tertiary/aromatic N) is 1. The molecule has 0 spiro atoms. The number of halogens is 2. The fourth-order valence-corrected chi connectivity index (χ4v) is 3.63. The monoisotopic (exact) mass is 410 g/mol. The first-order valence-corrected chi connectivity index (χ1v) is 9.23. The summed E-state index contributed by atoms with van der Waals surface area (Å²) in [5.41, 5.74) is -0.720. The first kappa shape index (κ1) is 19.1. The van der Waals surface area contributed by atoms with Crippen LogP contribution in [0, 0.1) is 5.82 Å². The van der Waals surface area contributed by atoms with E-state index >= 15 is 0 Å². The zero-order valence-electron chi connectivity index (χ0n) is 15.1. The van der Waals surface area contributed by atoms with Crippen LogP contribution < -0.4 is 10.2 Å². The maximum Gasteiger partial charge on any atom is 0.268 e. The third-order valence-corrected chi connectivity index (χ3v) is 5.07. The average Bonchev–Trinajstić information content (AvgIpc) is 2.94. The number of fused-ring (bicyclic) bond motifs is 1. The van der Waals surface area contributed by atoms with E-state index in [-0.39, 0.29) is 17.3 Å². The van der Waals surface area contributed by atoms with Crippen molar-refractivity contribution in [3.05, 3.63) is 94.8 Å². The Kier molecular flexibility index (Phi) is 4.82. The van der Waals surface area contributed by atoms with E-state index in [1.54, 1.807) is 54.6 Å². The van der Waals surface area contributed by atoms with Crippen molar-refractivity contribution < 1.29 is 19.1 Å². The van der Waals surface area contributed by atoms with E-state index in [2.05, 4.69) is 5.32 Å². The van der Waals surface area contributed by atoms with Gasteiger partial charge in [0.15, 0.2) is 5.60 Å². The molecule has 3 aromatic rings. The number of benzene rings is 3. The fraction of sp³-hybridized carbons (Fsp3) is 0.0909. The Bertz CT molecular complexity index is 1110. The molecule has 5 nitrogen and oxygen atoms in total. The van der Waals surface area contributed by atoms with Crippen LogP contribution >= 0.6 is 11.6 Å². The lowest BCUT2D eigenvalue weighted by molar-refractivity contribution is -0.133. The van der Waals surface area contributed by atoms with Crippen LogP contribution in [0.25, 0.3) is 0 Å². The van der Waals surface area contributed by atoms with Crippen LogP contribution in [-0.2, 0) is 15.2 Å². The van der Waals surface area contributed by atoms with Crippen molar-refractivity contribution in [2.45, 2.75) is 5.60 Å². The molecule has 0 saturated heterocycles. The zero-order chi connectivity index (χ0) is 20.6. The number of aliphatic hydroxyl groups is 1. The fourth-order valence-electron chi connectivity index (χ4n) is 3.47. The first-order valence-electron chi connectivity index (χ1n) is 8.85. The SMILES string of the molecule is O=C(CN1C(=O)[C@@](O)(c2ccccc2)c2ccccc21)Nc1ccc(Cl)cc1F. The Balaban J connectivity index is 1.65. The van der Waals surface area contributed by atoms with Crippen LogP contribution in [0.3, 0.4) is 0 Å². The van der Waals surface area contributed by atoms with Gasteiger partial charge in [0, 0.05) is 10.6 Å². The molecule has 4 rings (SSSR count). The molecule has 0 radical (unpaired) electrons. The lowest BCUT2D eigenvalue weighted by atomic mass is 9.88. The number of rotatable bonds is 4. The summed E-state index contributed by atoms with van der Waals surface area (Å²) in [5.74, 6) is -1.93. The minimum atomic E-state index is -1.90. The predicted molar refractivity (Wildman–Crippen MR) is 108 cm³/mol. The van der Waals surface area contributed by atoms with Crippen LogP contribution in [0.5, 0.6) is 0 Å². The van der Waals surface area contributed by atoms with Gasteiger partial charge in [-0.15, -0.1) is 0 Å². The summed E-state index contributed by atoms with van der Waals surface area (Å²) < 4.78 is 14.0. The van der Waals surface area contributed by atoms with Gasteiger partial charge in [0.05, 0.1) is 11.4 Å². The molecule has 1 heterocycles. The molecule has 0 aromatic heterocycles. The van der Waals surface area contributed by atoms with E-state index in [0.29, 0.717) is 16.8 Å². The molecular formula is C22H16ClFN2O3. The molecule has 2 amide bonds. The van der Waals surface area contributed by atoms with Crippen molar-refractivity contribution >= 4 is 34.8 Å². The maximum atomic E-state index is 14.0. The summed E-state index contributed by atoms with van der Waals surface area (Å²) >= 11 is 5.72. The predicted octanol–water partition coefficient (Wildman–Crippen LogP) is 3.70. The molecule has 7 heteroatoms. The highest BCUT2D eigenvalue weighted by molar-refractivity contribution is 6.30. The minimum absolute atomic E-state index is 0.0438. The Hall–Kier alpha value is -3.22. The summed E-state index contributed by atoms with van der Waals surface area (Å²) in [6.45, 7) is -0.382. The molecule has 29 heavy (non-hydrogen) atoms. The van der Waals surface area contributed by atoms with E-state index in [0.717, 1.165) is 6.07 Å².